The molecule has 0 bridgehead atoms. The molecule has 84 valence electrons. The maximum absolute atomic E-state index is 11.7. The fourth-order valence-electron chi connectivity index (χ4n) is 1.28. The first-order chi connectivity index (χ1) is 8.29. The van der Waals surface area contributed by atoms with Gasteiger partial charge in [0.1, 0.15) is 11.8 Å². The number of nitrogens with zero attached hydrogens (tertiary/aromatic N) is 2. The Labute approximate surface area is 103 Å². The molecule has 2 aromatic heterocycles. The van der Waals surface area contributed by atoms with Crippen molar-refractivity contribution in [2.75, 3.05) is 0 Å². The highest BCUT2D eigenvalue weighted by atomic mass is 32.1. The molecule has 0 saturated carbocycles. The predicted octanol–water partition coefficient (Wildman–Crippen LogP) is 1.94. The highest BCUT2D eigenvalue weighted by Gasteiger charge is 2.05. The second-order valence-electron chi connectivity index (χ2n) is 3.31. The van der Waals surface area contributed by atoms with Gasteiger partial charge in [0.15, 0.2) is 0 Å². The number of carbonyl (C=O) groups excluding carboxylic acids is 1. The molecule has 5 heteroatoms. The second-order valence-corrected chi connectivity index (χ2v) is 4.34. The maximum atomic E-state index is 11.7. The van der Waals surface area contributed by atoms with Gasteiger partial charge in [-0.2, -0.15) is 5.26 Å². The lowest BCUT2D eigenvalue weighted by molar-refractivity contribution is 0.0951. The van der Waals surface area contributed by atoms with Gasteiger partial charge in [-0.05, 0) is 23.6 Å². The number of nitrogens with one attached hydrogen (secondary N) is 1. The van der Waals surface area contributed by atoms with E-state index in [4.69, 9.17) is 5.26 Å². The van der Waals surface area contributed by atoms with Crippen molar-refractivity contribution in [3.63, 3.8) is 0 Å². The van der Waals surface area contributed by atoms with E-state index in [0.717, 1.165) is 4.88 Å². The molecule has 0 aliphatic carbocycles. The molecule has 0 aliphatic rings. The van der Waals surface area contributed by atoms with Gasteiger partial charge in [0.2, 0.25) is 0 Å². The summed E-state index contributed by atoms with van der Waals surface area (Å²) in [7, 11) is 0. The Bertz CT molecular complexity index is 540. The molecular weight excluding hydrogens is 234 g/mol. The largest absolute Gasteiger partial charge is 0.347 e. The van der Waals surface area contributed by atoms with Crippen molar-refractivity contribution in [1.29, 1.82) is 5.26 Å². The average Bonchev–Trinajstić information content (AvgIpc) is 2.89. The molecular formula is C12H9N3OS. The zero-order valence-corrected chi connectivity index (χ0v) is 9.70. The Kier molecular flexibility index (Phi) is 3.48. The van der Waals surface area contributed by atoms with Crippen LogP contribution in [0.3, 0.4) is 0 Å². The Morgan fingerprint density at radius 2 is 2.35 bits per heavy atom. The van der Waals surface area contributed by atoms with Crippen molar-refractivity contribution in [1.82, 2.24) is 10.3 Å². The molecule has 1 N–H and O–H groups in total. The third kappa shape index (κ3) is 2.89. The summed E-state index contributed by atoms with van der Waals surface area (Å²) in [5, 5.41) is 13.3. The van der Waals surface area contributed by atoms with E-state index < -0.39 is 0 Å². The zero-order valence-electron chi connectivity index (χ0n) is 8.88. The monoisotopic (exact) mass is 243 g/mol. The van der Waals surface area contributed by atoms with Gasteiger partial charge in [-0.25, -0.2) is 4.98 Å². The van der Waals surface area contributed by atoms with Crippen LogP contribution in [0.1, 0.15) is 20.9 Å². The lowest BCUT2D eigenvalue weighted by atomic mass is 10.2. The van der Waals surface area contributed by atoms with Crippen LogP contribution in [0.5, 0.6) is 0 Å². The SMILES string of the molecule is N#Cc1ccc(C(=O)NCc2cccs2)cn1. The summed E-state index contributed by atoms with van der Waals surface area (Å²) < 4.78 is 0. The minimum Gasteiger partial charge on any atom is -0.347 e. The van der Waals surface area contributed by atoms with E-state index in [1.807, 2.05) is 23.6 Å². The highest BCUT2D eigenvalue weighted by molar-refractivity contribution is 7.09. The lowest BCUT2D eigenvalue weighted by Crippen LogP contribution is -2.22. The van der Waals surface area contributed by atoms with Gasteiger partial charge in [0, 0.05) is 11.1 Å². The first kappa shape index (κ1) is 11.3. The number of carbonyl (C=O) groups is 1. The van der Waals surface area contributed by atoms with Crippen LogP contribution in [0, 0.1) is 11.3 Å². The third-order valence-corrected chi connectivity index (χ3v) is 3.02. The normalized spacial score (nSPS) is 9.59. The Balaban J connectivity index is 1.97. The van der Waals surface area contributed by atoms with Crippen LogP contribution >= 0.6 is 11.3 Å². The van der Waals surface area contributed by atoms with Gasteiger partial charge in [0.05, 0.1) is 12.1 Å². The van der Waals surface area contributed by atoms with Gasteiger partial charge in [-0.1, -0.05) is 6.07 Å². The van der Waals surface area contributed by atoms with E-state index in [9.17, 15) is 4.79 Å². The fourth-order valence-corrected chi connectivity index (χ4v) is 1.92. The number of rotatable bonds is 3. The number of pyridine rings is 1. The summed E-state index contributed by atoms with van der Waals surface area (Å²) in [6.07, 6.45) is 1.41. The molecule has 2 heterocycles. The fraction of sp³-hybridized carbons (Fsp3) is 0.0833. The summed E-state index contributed by atoms with van der Waals surface area (Å²) in [6, 6.07) is 8.93. The molecule has 0 atom stereocenters. The molecule has 0 saturated heterocycles. The first-order valence-electron chi connectivity index (χ1n) is 4.96. The molecule has 0 fully saturated rings. The van der Waals surface area contributed by atoms with E-state index in [2.05, 4.69) is 10.3 Å². The summed E-state index contributed by atoms with van der Waals surface area (Å²) in [4.78, 5) is 16.7. The van der Waals surface area contributed by atoms with Crippen LogP contribution in [0.25, 0.3) is 0 Å². The number of hydrogen-bond acceptors (Lipinski definition) is 4. The second kappa shape index (κ2) is 5.23. The lowest BCUT2D eigenvalue weighted by Gasteiger charge is -2.02. The molecule has 4 nitrogen and oxygen atoms in total. The summed E-state index contributed by atoms with van der Waals surface area (Å²) in [6.45, 7) is 0.510. The number of nitriles is 1. The average molecular weight is 243 g/mol. The van der Waals surface area contributed by atoms with E-state index in [1.54, 1.807) is 17.4 Å². The van der Waals surface area contributed by atoms with Crippen molar-refractivity contribution in [3.8, 4) is 6.07 Å². The molecule has 0 spiro atoms. The van der Waals surface area contributed by atoms with E-state index >= 15 is 0 Å². The molecule has 1 amide bonds. The van der Waals surface area contributed by atoms with Gasteiger partial charge in [-0.3, -0.25) is 4.79 Å². The Hall–Kier alpha value is -2.19. The Morgan fingerprint density at radius 3 is 2.94 bits per heavy atom. The smallest absolute Gasteiger partial charge is 0.253 e. The van der Waals surface area contributed by atoms with Crippen LogP contribution in [-0.4, -0.2) is 10.9 Å². The van der Waals surface area contributed by atoms with Crippen LogP contribution in [0.15, 0.2) is 35.8 Å². The van der Waals surface area contributed by atoms with Crippen LogP contribution < -0.4 is 5.32 Å². The molecule has 0 aliphatic heterocycles. The van der Waals surface area contributed by atoms with Crippen molar-refractivity contribution in [2.45, 2.75) is 6.54 Å². The van der Waals surface area contributed by atoms with Crippen LogP contribution in [0.4, 0.5) is 0 Å². The van der Waals surface area contributed by atoms with E-state index in [0.29, 0.717) is 17.8 Å². The molecule has 2 aromatic rings. The van der Waals surface area contributed by atoms with Gasteiger partial charge in [0.25, 0.3) is 5.91 Å². The summed E-state index contributed by atoms with van der Waals surface area (Å²) in [5.41, 5.74) is 0.764. The minimum atomic E-state index is -0.185. The predicted molar refractivity (Wildman–Crippen MR) is 64.4 cm³/mol. The highest BCUT2D eigenvalue weighted by Crippen LogP contribution is 2.08. The quantitative estimate of drug-likeness (QED) is 0.896. The van der Waals surface area contributed by atoms with E-state index in [1.165, 1.54) is 12.3 Å². The van der Waals surface area contributed by atoms with Crippen molar-refractivity contribution in [3.05, 3.63) is 52.0 Å². The number of hydrogen-bond donors (Lipinski definition) is 1. The van der Waals surface area contributed by atoms with Crippen molar-refractivity contribution >= 4 is 17.2 Å². The molecule has 0 radical (unpaired) electrons. The Morgan fingerprint density at radius 1 is 1.47 bits per heavy atom. The van der Waals surface area contributed by atoms with Crippen molar-refractivity contribution in [2.24, 2.45) is 0 Å². The maximum Gasteiger partial charge on any atom is 0.253 e. The van der Waals surface area contributed by atoms with Crippen molar-refractivity contribution < 1.29 is 4.79 Å². The minimum absolute atomic E-state index is 0.185. The van der Waals surface area contributed by atoms with Gasteiger partial charge < -0.3 is 5.32 Å². The summed E-state index contributed by atoms with van der Waals surface area (Å²) >= 11 is 1.59. The number of thiophene rings is 1. The molecule has 17 heavy (non-hydrogen) atoms. The first-order valence-corrected chi connectivity index (χ1v) is 5.84. The molecule has 2 rings (SSSR count). The number of aromatic nitrogens is 1. The zero-order chi connectivity index (χ0) is 12.1. The topological polar surface area (TPSA) is 65.8 Å². The molecule has 0 unspecified atom stereocenters. The standard InChI is InChI=1S/C12H9N3OS/c13-6-10-4-3-9(7-14-10)12(16)15-8-11-2-1-5-17-11/h1-5,7H,8H2,(H,15,16). The summed E-state index contributed by atoms with van der Waals surface area (Å²) in [5.74, 6) is -0.185. The van der Waals surface area contributed by atoms with Gasteiger partial charge >= 0.3 is 0 Å². The van der Waals surface area contributed by atoms with E-state index in [-0.39, 0.29) is 5.91 Å². The van der Waals surface area contributed by atoms with Crippen LogP contribution in [-0.2, 0) is 6.54 Å². The number of amides is 1. The third-order valence-electron chi connectivity index (χ3n) is 2.14. The van der Waals surface area contributed by atoms with Crippen LogP contribution in [0.2, 0.25) is 0 Å². The van der Waals surface area contributed by atoms with Gasteiger partial charge in [-0.15, -0.1) is 11.3 Å². The molecule has 0 aromatic carbocycles.